The lowest BCUT2D eigenvalue weighted by Crippen LogP contribution is -2.52. The van der Waals surface area contributed by atoms with E-state index in [1.165, 1.54) is 32.5 Å². The Labute approximate surface area is 146 Å². The van der Waals surface area contributed by atoms with Gasteiger partial charge in [0.05, 0.1) is 18.6 Å². The first kappa shape index (κ1) is 18.1. The first-order chi connectivity index (χ1) is 11.5. The Morgan fingerprint density at radius 1 is 1.29 bits per heavy atom. The van der Waals surface area contributed by atoms with Crippen molar-refractivity contribution in [2.75, 3.05) is 66.0 Å². The number of nitrogens with zero attached hydrogens (tertiary/aromatic N) is 2. The lowest BCUT2D eigenvalue weighted by Gasteiger charge is -2.43. The summed E-state index contributed by atoms with van der Waals surface area (Å²) in [6.07, 6.45) is 3.75. The van der Waals surface area contributed by atoms with Crippen LogP contribution in [0.5, 0.6) is 0 Å². The lowest BCUT2D eigenvalue weighted by atomic mass is 9.80. The molecule has 6 heteroatoms. The maximum Gasteiger partial charge on any atom is 0.225 e. The molecule has 0 aromatic heterocycles. The number of hydrogen-bond donors (Lipinski definition) is 2. The first-order valence-electron chi connectivity index (χ1n) is 9.55. The van der Waals surface area contributed by atoms with E-state index in [1.54, 1.807) is 0 Å². The van der Waals surface area contributed by atoms with Gasteiger partial charge in [-0.15, -0.1) is 0 Å². The van der Waals surface area contributed by atoms with Crippen molar-refractivity contribution in [3.63, 3.8) is 0 Å². The molecule has 6 nitrogen and oxygen atoms in total. The summed E-state index contributed by atoms with van der Waals surface area (Å²) < 4.78 is 5.92. The zero-order valence-corrected chi connectivity index (χ0v) is 15.4. The van der Waals surface area contributed by atoms with Crippen LogP contribution in [-0.2, 0) is 9.53 Å². The molecule has 3 aliphatic rings. The molecule has 0 aromatic carbocycles. The zero-order valence-electron chi connectivity index (χ0n) is 15.4. The summed E-state index contributed by atoms with van der Waals surface area (Å²) >= 11 is 0. The molecule has 24 heavy (non-hydrogen) atoms. The van der Waals surface area contributed by atoms with Gasteiger partial charge in [-0.25, -0.2) is 0 Å². The molecule has 0 saturated carbocycles. The van der Waals surface area contributed by atoms with Crippen LogP contribution in [0.2, 0.25) is 0 Å². The third-order valence-corrected chi connectivity index (χ3v) is 5.94. The number of piperidine rings is 1. The van der Waals surface area contributed by atoms with Crippen LogP contribution in [0, 0.1) is 11.3 Å². The van der Waals surface area contributed by atoms with Crippen molar-refractivity contribution in [3.05, 3.63) is 0 Å². The van der Waals surface area contributed by atoms with Crippen molar-refractivity contribution < 1.29 is 9.53 Å². The minimum Gasteiger partial charge on any atom is -0.375 e. The van der Waals surface area contributed by atoms with Gasteiger partial charge in [-0.2, -0.15) is 0 Å². The topological polar surface area (TPSA) is 56.8 Å². The fraction of sp³-hybridized carbons (Fsp3) is 0.944. The Bertz CT molecular complexity index is 419. The molecular weight excluding hydrogens is 304 g/mol. The Morgan fingerprint density at radius 2 is 2.04 bits per heavy atom. The molecule has 3 saturated heterocycles. The van der Waals surface area contributed by atoms with Gasteiger partial charge < -0.3 is 20.3 Å². The van der Waals surface area contributed by atoms with Crippen molar-refractivity contribution >= 4 is 5.91 Å². The number of likely N-dealkylation sites (tertiary alicyclic amines) is 1. The third-order valence-electron chi connectivity index (χ3n) is 5.94. The highest BCUT2D eigenvalue weighted by Gasteiger charge is 2.32. The largest absolute Gasteiger partial charge is 0.375 e. The number of morpholine rings is 1. The van der Waals surface area contributed by atoms with E-state index in [1.807, 2.05) is 0 Å². The monoisotopic (exact) mass is 338 g/mol. The van der Waals surface area contributed by atoms with E-state index < -0.39 is 0 Å². The molecule has 1 amide bonds. The summed E-state index contributed by atoms with van der Waals surface area (Å²) in [5.74, 6) is 0.374. The minimum atomic E-state index is 0.179. The molecule has 0 aliphatic carbocycles. The molecule has 0 radical (unpaired) electrons. The summed E-state index contributed by atoms with van der Waals surface area (Å²) in [5.41, 5.74) is 0.444. The van der Waals surface area contributed by atoms with E-state index in [0.717, 1.165) is 45.8 Å². The van der Waals surface area contributed by atoms with Gasteiger partial charge in [-0.05, 0) is 44.8 Å². The van der Waals surface area contributed by atoms with Crippen molar-refractivity contribution in [1.82, 2.24) is 20.4 Å². The van der Waals surface area contributed by atoms with Crippen LogP contribution >= 0.6 is 0 Å². The molecule has 0 bridgehead atoms. The van der Waals surface area contributed by atoms with Crippen LogP contribution in [0.1, 0.15) is 26.2 Å². The van der Waals surface area contributed by atoms with Crippen LogP contribution in [0.4, 0.5) is 0 Å². The summed E-state index contributed by atoms with van der Waals surface area (Å²) in [4.78, 5) is 16.9. The summed E-state index contributed by atoms with van der Waals surface area (Å²) in [6.45, 7) is 11.3. The number of carbonyl (C=O) groups is 1. The average Bonchev–Trinajstić information content (AvgIpc) is 2.49. The van der Waals surface area contributed by atoms with E-state index in [-0.39, 0.29) is 17.9 Å². The first-order valence-corrected chi connectivity index (χ1v) is 9.55. The van der Waals surface area contributed by atoms with Crippen LogP contribution in [0.15, 0.2) is 0 Å². The minimum absolute atomic E-state index is 0.179. The second-order valence-electron chi connectivity index (χ2n) is 8.28. The highest BCUT2D eigenvalue weighted by atomic mass is 16.5. The quantitative estimate of drug-likeness (QED) is 0.722. The highest BCUT2D eigenvalue weighted by Crippen LogP contribution is 2.31. The van der Waals surface area contributed by atoms with Crippen LogP contribution < -0.4 is 10.6 Å². The fourth-order valence-corrected chi connectivity index (χ4v) is 3.93. The molecule has 0 spiro atoms. The number of amides is 1. The van der Waals surface area contributed by atoms with Gasteiger partial charge in [0.2, 0.25) is 5.91 Å². The van der Waals surface area contributed by atoms with Crippen molar-refractivity contribution in [3.8, 4) is 0 Å². The van der Waals surface area contributed by atoms with E-state index in [4.69, 9.17) is 4.74 Å². The summed E-state index contributed by atoms with van der Waals surface area (Å²) in [6, 6.07) is 0. The van der Waals surface area contributed by atoms with Gasteiger partial charge in [0.25, 0.3) is 0 Å². The number of hydrogen-bond acceptors (Lipinski definition) is 5. The van der Waals surface area contributed by atoms with Crippen LogP contribution in [0.25, 0.3) is 0 Å². The molecular formula is C18H34N4O2. The molecule has 3 heterocycles. The fourth-order valence-electron chi connectivity index (χ4n) is 3.93. The Hall–Kier alpha value is -0.690. The van der Waals surface area contributed by atoms with Crippen molar-refractivity contribution in [2.24, 2.45) is 11.3 Å². The van der Waals surface area contributed by atoms with Crippen molar-refractivity contribution in [1.29, 1.82) is 0 Å². The van der Waals surface area contributed by atoms with Crippen molar-refractivity contribution in [2.45, 2.75) is 32.3 Å². The van der Waals surface area contributed by atoms with Gasteiger partial charge >= 0.3 is 0 Å². The Kier molecular flexibility index (Phi) is 6.13. The van der Waals surface area contributed by atoms with Gasteiger partial charge in [-0.3, -0.25) is 9.69 Å². The predicted octanol–water partition coefficient (Wildman–Crippen LogP) is 0.145. The third kappa shape index (κ3) is 4.91. The van der Waals surface area contributed by atoms with Crippen LogP contribution in [0.3, 0.4) is 0 Å². The number of carbonyl (C=O) groups excluding carboxylic acids is 1. The van der Waals surface area contributed by atoms with Gasteiger partial charge in [0.1, 0.15) is 0 Å². The van der Waals surface area contributed by atoms with E-state index >= 15 is 0 Å². The van der Waals surface area contributed by atoms with Gasteiger partial charge in [-0.1, -0.05) is 6.92 Å². The normalized spacial score (nSPS) is 29.2. The molecule has 0 unspecified atom stereocenters. The highest BCUT2D eigenvalue weighted by molar-refractivity contribution is 5.79. The Morgan fingerprint density at radius 3 is 2.71 bits per heavy atom. The number of rotatable bonds is 6. The predicted molar refractivity (Wildman–Crippen MR) is 95.0 cm³/mol. The van der Waals surface area contributed by atoms with E-state index in [0.29, 0.717) is 5.41 Å². The molecule has 1 atom stereocenters. The molecule has 2 N–H and O–H groups in total. The molecule has 138 valence electrons. The smallest absolute Gasteiger partial charge is 0.225 e. The van der Waals surface area contributed by atoms with Gasteiger partial charge in [0.15, 0.2) is 0 Å². The maximum absolute atomic E-state index is 11.9. The average molecular weight is 338 g/mol. The van der Waals surface area contributed by atoms with Crippen LogP contribution in [-0.4, -0.2) is 87.8 Å². The second kappa shape index (κ2) is 8.13. The molecule has 3 fully saturated rings. The summed E-state index contributed by atoms with van der Waals surface area (Å²) in [7, 11) is 2.22. The Balaban J connectivity index is 1.37. The number of ether oxygens (including phenoxy) is 1. The zero-order chi connectivity index (χ0) is 17.0. The SMILES string of the molecule is CN1CCC(C)(CN2CCO[C@H](CCNC(=O)C3CNC3)C2)CC1. The van der Waals surface area contributed by atoms with E-state index in [9.17, 15) is 4.79 Å². The molecule has 3 aliphatic heterocycles. The van der Waals surface area contributed by atoms with Gasteiger partial charge in [0, 0.05) is 39.3 Å². The van der Waals surface area contributed by atoms with E-state index in [2.05, 4.69) is 34.4 Å². The maximum atomic E-state index is 11.9. The standard InChI is InChI=1S/C18H34N4O2/c1-18(4-7-21(2)8-5-18)14-22-9-10-24-16(13-22)3-6-20-17(23)15-11-19-12-15/h15-16,19H,3-14H2,1-2H3,(H,20,23)/t16-/m1/s1. The number of nitrogens with one attached hydrogen (secondary N) is 2. The molecule has 3 rings (SSSR count). The summed E-state index contributed by atoms with van der Waals surface area (Å²) in [5, 5.41) is 6.19. The molecule has 0 aromatic rings. The second-order valence-corrected chi connectivity index (χ2v) is 8.28. The lowest BCUT2D eigenvalue weighted by molar-refractivity contribution is -0.126.